The summed E-state index contributed by atoms with van der Waals surface area (Å²) < 4.78 is 32.4. The maximum Gasteiger partial charge on any atom is 0.406 e. The van der Waals surface area contributed by atoms with Gasteiger partial charge in [0, 0.05) is 31.8 Å². The molecule has 0 radical (unpaired) electrons. The number of H-pyrrole nitrogens is 1. The molecule has 1 amide bonds. The largest absolute Gasteiger partial charge is 0.463 e. The molecule has 1 aromatic rings. The van der Waals surface area contributed by atoms with Crippen molar-refractivity contribution in [3.8, 4) is 0 Å². The first-order valence-electron chi connectivity index (χ1n) is 18.7. The number of amides is 1. The van der Waals surface area contributed by atoms with Gasteiger partial charge in [-0.05, 0) is 105 Å². The van der Waals surface area contributed by atoms with Crippen LogP contribution in [0.5, 0.6) is 0 Å². The van der Waals surface area contributed by atoms with Crippen LogP contribution in [0.25, 0.3) is 0 Å². The summed E-state index contributed by atoms with van der Waals surface area (Å²) in [6, 6.07) is 0.158. The Bertz CT molecular complexity index is 1670. The summed E-state index contributed by atoms with van der Waals surface area (Å²) in [4.78, 5) is 62.3. The van der Waals surface area contributed by atoms with Crippen molar-refractivity contribution in [3.05, 3.63) is 33.1 Å². The van der Waals surface area contributed by atoms with Crippen LogP contribution in [0.15, 0.2) is 21.9 Å². The van der Waals surface area contributed by atoms with E-state index in [9.17, 15) is 38.8 Å². The Balaban J connectivity index is 0.966. The SMILES string of the molecule is CC(=O)OC1CCC2(C)C(CCC3C2CCC2(C)C(NC(=O)C4CCCN4P(=O)(O)OCC4OC(n5ccc(=O)[nH]c5=O)C(O)C4O)CCC32)C1. The molecular formula is C35H53N4O11P. The van der Waals surface area contributed by atoms with E-state index in [-0.39, 0.29) is 41.4 Å². The number of nitrogens with one attached hydrogen (secondary N) is 2. The highest BCUT2D eigenvalue weighted by atomic mass is 31.2. The summed E-state index contributed by atoms with van der Waals surface area (Å²) in [7, 11) is -4.54. The van der Waals surface area contributed by atoms with Crippen molar-refractivity contribution in [2.24, 2.45) is 34.5 Å². The number of aliphatic hydroxyl groups excluding tert-OH is 2. The van der Waals surface area contributed by atoms with Gasteiger partial charge in [-0.1, -0.05) is 13.8 Å². The summed E-state index contributed by atoms with van der Waals surface area (Å²) in [6.45, 7) is 5.87. The summed E-state index contributed by atoms with van der Waals surface area (Å²) >= 11 is 0. The van der Waals surface area contributed by atoms with E-state index >= 15 is 0 Å². The molecule has 6 fully saturated rings. The third-order valence-corrected chi connectivity index (χ3v) is 15.6. The molecular weight excluding hydrogens is 683 g/mol. The average molecular weight is 737 g/mol. The lowest BCUT2D eigenvalue weighted by Gasteiger charge is -2.61. The molecule has 284 valence electrons. The zero-order chi connectivity index (χ0) is 36.5. The standard InChI is InChI=1S/C35H53N4O11P/c1-19(40)49-21-10-13-34(2)20(17-21)6-7-22-23-8-9-27(35(23,3)14-11-24(22)34)36-31(44)25-5-4-15-39(25)51(46,47)48-18-26-29(42)30(43)32(50-26)38-16-12-28(41)37-33(38)45/h12,16,20-27,29-30,32,42-43H,4-11,13-15,17-18H2,1-3H3,(H,36,44)(H,46,47)(H,37,41,45). The minimum atomic E-state index is -4.54. The lowest BCUT2D eigenvalue weighted by atomic mass is 9.45. The second-order valence-corrected chi connectivity index (χ2v) is 18.3. The molecule has 3 heterocycles. The number of carbonyl (C=O) groups excluding carboxylic acids is 2. The number of hydrogen-bond donors (Lipinski definition) is 5. The van der Waals surface area contributed by atoms with Gasteiger partial charge in [-0.15, -0.1) is 0 Å². The van der Waals surface area contributed by atoms with Gasteiger partial charge in [0.05, 0.1) is 12.6 Å². The predicted octanol–water partition coefficient (Wildman–Crippen LogP) is 2.20. The second-order valence-electron chi connectivity index (χ2n) is 16.5. The van der Waals surface area contributed by atoms with Gasteiger partial charge in [0.1, 0.15) is 24.4 Å². The first kappa shape index (κ1) is 36.9. The fraction of sp³-hybridized carbons (Fsp3) is 0.829. The molecule has 4 aliphatic carbocycles. The molecule has 0 spiro atoms. The van der Waals surface area contributed by atoms with Gasteiger partial charge in [-0.2, -0.15) is 4.67 Å². The van der Waals surface area contributed by atoms with Crippen molar-refractivity contribution in [1.29, 1.82) is 0 Å². The monoisotopic (exact) mass is 736 g/mol. The number of aromatic nitrogens is 2. The smallest absolute Gasteiger partial charge is 0.406 e. The van der Waals surface area contributed by atoms with Crippen molar-refractivity contribution in [2.75, 3.05) is 13.2 Å². The minimum absolute atomic E-state index is 0.0237. The number of aliphatic hydroxyl groups is 2. The van der Waals surface area contributed by atoms with E-state index < -0.39 is 56.2 Å². The van der Waals surface area contributed by atoms with Crippen LogP contribution in [0.2, 0.25) is 0 Å². The van der Waals surface area contributed by atoms with E-state index in [1.54, 1.807) is 0 Å². The first-order valence-corrected chi connectivity index (χ1v) is 20.2. The average Bonchev–Trinajstić information content (AvgIpc) is 3.77. The van der Waals surface area contributed by atoms with Crippen LogP contribution in [0.4, 0.5) is 0 Å². The van der Waals surface area contributed by atoms with Crippen LogP contribution >= 0.6 is 7.75 Å². The van der Waals surface area contributed by atoms with Crippen molar-refractivity contribution in [1.82, 2.24) is 19.5 Å². The Morgan fingerprint density at radius 3 is 2.53 bits per heavy atom. The normalized spacial score (nSPS) is 43.5. The molecule has 14 atom stereocenters. The van der Waals surface area contributed by atoms with Gasteiger partial charge in [0.25, 0.3) is 5.56 Å². The quantitative estimate of drug-likeness (QED) is 0.192. The zero-order valence-corrected chi connectivity index (χ0v) is 30.5. The van der Waals surface area contributed by atoms with Crippen LogP contribution in [0.1, 0.15) is 97.6 Å². The van der Waals surface area contributed by atoms with Crippen LogP contribution in [-0.2, 0) is 28.2 Å². The van der Waals surface area contributed by atoms with E-state index in [1.807, 2.05) is 0 Å². The van der Waals surface area contributed by atoms with Gasteiger partial charge >= 0.3 is 19.4 Å². The Morgan fingerprint density at radius 2 is 1.78 bits per heavy atom. The van der Waals surface area contributed by atoms with Gasteiger partial charge in [-0.25, -0.2) is 9.36 Å². The summed E-state index contributed by atoms with van der Waals surface area (Å²) in [6.07, 6.45) is 5.58. The molecule has 7 rings (SSSR count). The lowest BCUT2D eigenvalue weighted by Crippen LogP contribution is -2.57. The van der Waals surface area contributed by atoms with E-state index in [1.165, 1.54) is 11.6 Å². The molecule has 1 aromatic heterocycles. The van der Waals surface area contributed by atoms with Crippen LogP contribution in [0, 0.1) is 34.5 Å². The fourth-order valence-electron chi connectivity index (χ4n) is 11.4. The molecule has 51 heavy (non-hydrogen) atoms. The maximum absolute atomic E-state index is 13.9. The van der Waals surface area contributed by atoms with E-state index in [0.717, 1.165) is 74.6 Å². The topological polar surface area (TPSA) is 210 Å². The van der Waals surface area contributed by atoms with Gasteiger partial charge in [0.2, 0.25) is 5.91 Å². The maximum atomic E-state index is 13.9. The van der Waals surface area contributed by atoms with Gasteiger partial charge < -0.3 is 29.9 Å². The van der Waals surface area contributed by atoms with Crippen LogP contribution < -0.4 is 16.6 Å². The number of hydrogen-bond acceptors (Lipinski definition) is 10. The number of esters is 1. The van der Waals surface area contributed by atoms with Crippen molar-refractivity contribution in [2.45, 2.75) is 134 Å². The Kier molecular flexibility index (Phi) is 9.99. The third kappa shape index (κ3) is 6.59. The van der Waals surface area contributed by atoms with Crippen LogP contribution in [-0.4, -0.2) is 90.9 Å². The highest BCUT2D eigenvalue weighted by Crippen LogP contribution is 2.66. The lowest BCUT2D eigenvalue weighted by molar-refractivity contribution is -0.159. The van der Waals surface area contributed by atoms with Gasteiger partial charge in [0.15, 0.2) is 6.23 Å². The van der Waals surface area contributed by atoms with Crippen LogP contribution in [0.3, 0.4) is 0 Å². The number of rotatable bonds is 8. The fourth-order valence-corrected chi connectivity index (χ4v) is 12.8. The van der Waals surface area contributed by atoms with E-state index in [4.69, 9.17) is 14.0 Å². The molecule has 15 nitrogen and oxygen atoms in total. The van der Waals surface area contributed by atoms with E-state index in [0.29, 0.717) is 36.5 Å². The number of aromatic amines is 1. The Hall–Kier alpha value is -2.39. The Labute approximate surface area is 297 Å². The highest BCUT2D eigenvalue weighted by Gasteiger charge is 2.61. The number of carbonyl (C=O) groups is 2. The van der Waals surface area contributed by atoms with Gasteiger partial charge in [-0.3, -0.25) is 28.5 Å². The number of fused-ring (bicyclic) bond motifs is 5. The predicted molar refractivity (Wildman–Crippen MR) is 182 cm³/mol. The second kappa shape index (κ2) is 13.8. The molecule has 0 bridgehead atoms. The molecule has 2 saturated heterocycles. The molecule has 6 aliphatic rings. The molecule has 5 N–H and O–H groups in total. The third-order valence-electron chi connectivity index (χ3n) is 14.0. The molecule has 16 heteroatoms. The first-order chi connectivity index (χ1) is 24.1. The molecule has 2 aliphatic heterocycles. The molecule has 4 saturated carbocycles. The van der Waals surface area contributed by atoms with E-state index in [2.05, 4.69) is 24.1 Å². The van der Waals surface area contributed by atoms with Crippen molar-refractivity contribution >= 4 is 19.6 Å². The zero-order valence-electron chi connectivity index (χ0n) is 29.6. The number of ether oxygens (including phenoxy) is 2. The minimum Gasteiger partial charge on any atom is -0.463 e. The van der Waals surface area contributed by atoms with Crippen molar-refractivity contribution in [3.63, 3.8) is 0 Å². The molecule has 14 unspecified atom stereocenters. The number of nitrogens with zero attached hydrogens (tertiary/aromatic N) is 2. The van der Waals surface area contributed by atoms with Crippen molar-refractivity contribution < 1.29 is 43.3 Å². The highest BCUT2D eigenvalue weighted by molar-refractivity contribution is 7.50. The summed E-state index contributed by atoms with van der Waals surface area (Å²) in [5.41, 5.74) is -1.33. The Morgan fingerprint density at radius 1 is 1.04 bits per heavy atom. The summed E-state index contributed by atoms with van der Waals surface area (Å²) in [5, 5.41) is 24.5. The summed E-state index contributed by atoms with van der Waals surface area (Å²) in [5.74, 6) is 1.75. The molecule has 0 aromatic carbocycles.